The highest BCUT2D eigenvalue weighted by Crippen LogP contribution is 2.31. The van der Waals surface area contributed by atoms with Crippen molar-refractivity contribution in [3.8, 4) is 0 Å². The van der Waals surface area contributed by atoms with E-state index >= 15 is 0 Å². The minimum Gasteiger partial charge on any atom is -0.330 e. The molecule has 0 spiro atoms. The number of nitrogens with two attached hydrogens (primary N) is 1. The molecule has 1 aliphatic rings. The summed E-state index contributed by atoms with van der Waals surface area (Å²) in [7, 11) is -2.28. The minimum atomic E-state index is -3.81. The molecular weight excluding hydrogens is 279 g/mol. The van der Waals surface area contributed by atoms with Gasteiger partial charge in [-0.1, -0.05) is 25.0 Å². The average molecular weight is 300 g/mol. The zero-order valence-electron chi connectivity index (χ0n) is 11.6. The fourth-order valence-electron chi connectivity index (χ4n) is 2.93. The second-order valence-electron chi connectivity index (χ2n) is 5.30. The topological polar surface area (TPSA) is 63.4 Å². The number of rotatable bonds is 4. The number of benzene rings is 1. The van der Waals surface area contributed by atoms with E-state index in [2.05, 4.69) is 0 Å². The Morgan fingerprint density at radius 2 is 1.95 bits per heavy atom. The van der Waals surface area contributed by atoms with Gasteiger partial charge in [-0.15, -0.1) is 0 Å². The van der Waals surface area contributed by atoms with Gasteiger partial charge in [-0.05, 0) is 37.4 Å². The first kappa shape index (κ1) is 15.4. The molecule has 0 aromatic heterocycles. The van der Waals surface area contributed by atoms with Gasteiger partial charge in [0.05, 0.1) is 0 Å². The van der Waals surface area contributed by atoms with Crippen LogP contribution in [0.4, 0.5) is 4.39 Å². The van der Waals surface area contributed by atoms with Gasteiger partial charge in [0.2, 0.25) is 10.0 Å². The SMILES string of the molecule is CN(C1CCCCC1CN)S(=O)(=O)c1ccccc1F. The van der Waals surface area contributed by atoms with Crippen molar-refractivity contribution in [1.82, 2.24) is 4.31 Å². The molecule has 0 aliphatic heterocycles. The predicted octanol–water partition coefficient (Wildman–Crippen LogP) is 1.96. The van der Waals surface area contributed by atoms with E-state index < -0.39 is 15.8 Å². The third kappa shape index (κ3) is 2.87. The van der Waals surface area contributed by atoms with Crippen LogP contribution in [-0.4, -0.2) is 32.4 Å². The second kappa shape index (κ2) is 6.20. The molecule has 2 N–H and O–H groups in total. The lowest BCUT2D eigenvalue weighted by molar-refractivity contribution is 0.204. The fraction of sp³-hybridized carbons (Fsp3) is 0.571. The summed E-state index contributed by atoms with van der Waals surface area (Å²) >= 11 is 0. The summed E-state index contributed by atoms with van der Waals surface area (Å²) in [4.78, 5) is -0.260. The number of nitrogens with zero attached hydrogens (tertiary/aromatic N) is 1. The first-order chi connectivity index (χ1) is 9.48. The smallest absolute Gasteiger partial charge is 0.245 e. The Labute approximate surface area is 119 Å². The molecule has 2 rings (SSSR count). The van der Waals surface area contributed by atoms with Crippen LogP contribution in [0.15, 0.2) is 29.2 Å². The Balaban J connectivity index is 2.31. The molecule has 0 bridgehead atoms. The van der Waals surface area contributed by atoms with Gasteiger partial charge in [0.15, 0.2) is 0 Å². The summed E-state index contributed by atoms with van der Waals surface area (Å²) in [5.74, 6) is -0.560. The molecule has 1 fully saturated rings. The highest BCUT2D eigenvalue weighted by molar-refractivity contribution is 7.89. The lowest BCUT2D eigenvalue weighted by Crippen LogP contribution is -2.46. The summed E-state index contributed by atoms with van der Waals surface area (Å²) in [5, 5.41) is 0. The van der Waals surface area contributed by atoms with Crippen LogP contribution in [0.1, 0.15) is 25.7 Å². The maximum Gasteiger partial charge on any atom is 0.245 e. The van der Waals surface area contributed by atoms with Crippen molar-refractivity contribution in [2.24, 2.45) is 11.7 Å². The molecule has 2 unspecified atom stereocenters. The summed E-state index contributed by atoms with van der Waals surface area (Å²) in [6.45, 7) is 0.460. The van der Waals surface area contributed by atoms with E-state index in [0.717, 1.165) is 25.7 Å². The Hall–Kier alpha value is -0.980. The zero-order valence-corrected chi connectivity index (χ0v) is 12.4. The molecule has 0 radical (unpaired) electrons. The van der Waals surface area contributed by atoms with E-state index in [9.17, 15) is 12.8 Å². The molecule has 0 heterocycles. The van der Waals surface area contributed by atoms with Crippen LogP contribution in [0.25, 0.3) is 0 Å². The van der Waals surface area contributed by atoms with Gasteiger partial charge in [0.1, 0.15) is 10.7 Å². The van der Waals surface area contributed by atoms with Crippen LogP contribution in [-0.2, 0) is 10.0 Å². The summed E-state index contributed by atoms with van der Waals surface area (Å²) in [6.07, 6.45) is 3.77. The van der Waals surface area contributed by atoms with Crippen LogP contribution in [0, 0.1) is 11.7 Å². The fourth-order valence-corrected chi connectivity index (χ4v) is 4.44. The molecule has 1 aliphatic carbocycles. The van der Waals surface area contributed by atoms with Crippen LogP contribution < -0.4 is 5.73 Å². The summed E-state index contributed by atoms with van der Waals surface area (Å²) in [5.41, 5.74) is 5.75. The van der Waals surface area contributed by atoms with E-state index in [1.54, 1.807) is 0 Å². The molecule has 1 aromatic rings. The summed E-state index contributed by atoms with van der Waals surface area (Å²) < 4.78 is 40.2. The molecule has 20 heavy (non-hydrogen) atoms. The van der Waals surface area contributed by atoms with Crippen LogP contribution in [0.5, 0.6) is 0 Å². The molecule has 0 saturated heterocycles. The van der Waals surface area contributed by atoms with Crippen molar-refractivity contribution in [2.75, 3.05) is 13.6 Å². The Kier molecular flexibility index (Phi) is 4.78. The monoisotopic (exact) mass is 300 g/mol. The van der Waals surface area contributed by atoms with Gasteiger partial charge < -0.3 is 5.73 Å². The quantitative estimate of drug-likeness (QED) is 0.924. The van der Waals surface area contributed by atoms with Gasteiger partial charge in [0, 0.05) is 13.1 Å². The standard InChI is InChI=1S/C14H21FN2O2S/c1-17(13-8-4-2-6-11(13)10-16)20(18,19)14-9-5-3-7-12(14)15/h3,5,7,9,11,13H,2,4,6,8,10,16H2,1H3. The Bertz CT molecular complexity index is 562. The third-order valence-corrected chi connectivity index (χ3v) is 6.05. The second-order valence-corrected chi connectivity index (χ2v) is 7.27. The van der Waals surface area contributed by atoms with Gasteiger partial charge in [-0.3, -0.25) is 0 Å². The molecule has 1 aromatic carbocycles. The van der Waals surface area contributed by atoms with E-state index in [4.69, 9.17) is 5.73 Å². The molecular formula is C14H21FN2O2S. The lowest BCUT2D eigenvalue weighted by atomic mass is 9.85. The van der Waals surface area contributed by atoms with Gasteiger partial charge >= 0.3 is 0 Å². The van der Waals surface area contributed by atoms with E-state index in [0.29, 0.717) is 6.54 Å². The minimum absolute atomic E-state index is 0.140. The molecule has 4 nitrogen and oxygen atoms in total. The van der Waals surface area contributed by atoms with Gasteiger partial charge in [0.25, 0.3) is 0 Å². The molecule has 0 amide bonds. The van der Waals surface area contributed by atoms with E-state index in [-0.39, 0.29) is 16.9 Å². The van der Waals surface area contributed by atoms with Crippen molar-refractivity contribution in [2.45, 2.75) is 36.6 Å². The van der Waals surface area contributed by atoms with E-state index in [1.165, 1.54) is 35.6 Å². The average Bonchev–Trinajstić information content (AvgIpc) is 2.46. The maximum atomic E-state index is 13.8. The predicted molar refractivity (Wildman–Crippen MR) is 76.1 cm³/mol. The van der Waals surface area contributed by atoms with Crippen LogP contribution >= 0.6 is 0 Å². The zero-order chi connectivity index (χ0) is 14.8. The van der Waals surface area contributed by atoms with Crippen molar-refractivity contribution in [3.63, 3.8) is 0 Å². The van der Waals surface area contributed by atoms with Crippen molar-refractivity contribution in [3.05, 3.63) is 30.1 Å². The maximum absolute atomic E-state index is 13.8. The summed E-state index contributed by atoms with van der Waals surface area (Å²) in [6, 6.07) is 5.35. The highest BCUT2D eigenvalue weighted by atomic mass is 32.2. The molecule has 1 saturated carbocycles. The molecule has 6 heteroatoms. The van der Waals surface area contributed by atoms with Gasteiger partial charge in [-0.2, -0.15) is 4.31 Å². The third-order valence-electron chi connectivity index (χ3n) is 4.13. The van der Waals surface area contributed by atoms with Crippen LogP contribution in [0.2, 0.25) is 0 Å². The van der Waals surface area contributed by atoms with Crippen LogP contribution in [0.3, 0.4) is 0 Å². The van der Waals surface area contributed by atoms with Crippen molar-refractivity contribution >= 4 is 10.0 Å². The first-order valence-electron chi connectivity index (χ1n) is 6.91. The van der Waals surface area contributed by atoms with Gasteiger partial charge in [-0.25, -0.2) is 12.8 Å². The molecule has 112 valence electrons. The number of halogens is 1. The lowest BCUT2D eigenvalue weighted by Gasteiger charge is -2.36. The number of hydrogen-bond donors (Lipinski definition) is 1. The van der Waals surface area contributed by atoms with E-state index in [1.807, 2.05) is 0 Å². The van der Waals surface area contributed by atoms with Crippen molar-refractivity contribution in [1.29, 1.82) is 0 Å². The molecule has 2 atom stereocenters. The first-order valence-corrected chi connectivity index (χ1v) is 8.35. The Morgan fingerprint density at radius 3 is 2.60 bits per heavy atom. The Morgan fingerprint density at radius 1 is 1.30 bits per heavy atom. The normalized spacial score (nSPS) is 24.0. The van der Waals surface area contributed by atoms with Crippen molar-refractivity contribution < 1.29 is 12.8 Å². The largest absolute Gasteiger partial charge is 0.330 e. The number of sulfonamides is 1. The highest BCUT2D eigenvalue weighted by Gasteiger charge is 2.35. The number of hydrogen-bond acceptors (Lipinski definition) is 3.